The number of aliphatic carboxylic acids is 1. The van der Waals surface area contributed by atoms with E-state index in [1.807, 2.05) is 26.0 Å². The average Bonchev–Trinajstić information content (AvgIpc) is 2.47. The molecule has 0 atom stereocenters. The summed E-state index contributed by atoms with van der Waals surface area (Å²) in [6.07, 6.45) is 9.01. The maximum Gasteiger partial charge on any atom is 0.311 e. The molecule has 0 aromatic rings. The van der Waals surface area contributed by atoms with Crippen molar-refractivity contribution in [2.45, 2.75) is 66.2 Å². The Labute approximate surface area is 141 Å². The molecule has 4 heteroatoms. The third-order valence-electron chi connectivity index (χ3n) is 3.74. The smallest absolute Gasteiger partial charge is 0.311 e. The Morgan fingerprint density at radius 3 is 1.65 bits per heavy atom. The first kappa shape index (κ1) is 23.7. The summed E-state index contributed by atoms with van der Waals surface area (Å²) in [7, 11) is 1.43. The van der Waals surface area contributed by atoms with Crippen LogP contribution in [-0.2, 0) is 14.3 Å². The van der Waals surface area contributed by atoms with Crippen molar-refractivity contribution in [2.24, 2.45) is 10.8 Å². The molecule has 4 nitrogen and oxygen atoms in total. The molecule has 0 saturated carbocycles. The normalized spacial score (nSPS) is 11.0. The fraction of sp³-hybridized carbons (Fsp3) is 0.684. The molecule has 0 aromatic carbocycles. The third-order valence-corrected chi connectivity index (χ3v) is 3.74. The van der Waals surface area contributed by atoms with Crippen LogP contribution < -0.4 is 0 Å². The first-order valence-electron chi connectivity index (χ1n) is 8.08. The van der Waals surface area contributed by atoms with Crippen LogP contribution in [0, 0.1) is 10.8 Å². The number of methoxy groups -OCH3 is 1. The highest BCUT2D eigenvalue weighted by Gasteiger charge is 2.27. The summed E-state index contributed by atoms with van der Waals surface area (Å²) in [5, 5.41) is 8.71. The molecule has 134 valence electrons. The quantitative estimate of drug-likeness (QED) is 0.349. The van der Waals surface area contributed by atoms with E-state index < -0.39 is 11.4 Å². The molecule has 0 heterocycles. The highest BCUT2D eigenvalue weighted by Crippen LogP contribution is 2.24. The predicted molar refractivity (Wildman–Crippen MR) is 95.3 cm³/mol. The summed E-state index contributed by atoms with van der Waals surface area (Å²) < 4.78 is 4.68. The molecule has 1 N–H and O–H groups in total. The highest BCUT2D eigenvalue weighted by atomic mass is 16.5. The van der Waals surface area contributed by atoms with Gasteiger partial charge in [0.15, 0.2) is 0 Å². The zero-order chi connectivity index (χ0) is 18.5. The van der Waals surface area contributed by atoms with Crippen LogP contribution in [0.3, 0.4) is 0 Å². The van der Waals surface area contributed by atoms with E-state index in [1.165, 1.54) is 7.11 Å². The van der Waals surface area contributed by atoms with Gasteiger partial charge in [-0.15, -0.1) is 13.2 Å². The Morgan fingerprint density at radius 1 is 0.957 bits per heavy atom. The molecule has 0 bridgehead atoms. The fourth-order valence-electron chi connectivity index (χ4n) is 1.86. The van der Waals surface area contributed by atoms with Crippen LogP contribution in [0.4, 0.5) is 0 Å². The summed E-state index contributed by atoms with van der Waals surface area (Å²) >= 11 is 0. The van der Waals surface area contributed by atoms with E-state index in [1.54, 1.807) is 13.8 Å². The van der Waals surface area contributed by atoms with E-state index >= 15 is 0 Å². The van der Waals surface area contributed by atoms with Crippen molar-refractivity contribution >= 4 is 11.9 Å². The molecule has 0 saturated heterocycles. The zero-order valence-corrected chi connectivity index (χ0v) is 15.5. The van der Waals surface area contributed by atoms with Gasteiger partial charge in [0.25, 0.3) is 0 Å². The minimum absolute atomic E-state index is 0.133. The number of ether oxygens (including phenoxy) is 1. The van der Waals surface area contributed by atoms with Gasteiger partial charge in [0.1, 0.15) is 0 Å². The van der Waals surface area contributed by atoms with Crippen molar-refractivity contribution in [3.05, 3.63) is 25.3 Å². The number of carbonyl (C=O) groups excluding carboxylic acids is 1. The van der Waals surface area contributed by atoms with Gasteiger partial charge in [-0.25, -0.2) is 0 Å². The lowest BCUT2D eigenvalue weighted by molar-refractivity contribution is -0.151. The molecule has 0 aliphatic rings. The lowest BCUT2D eigenvalue weighted by atomic mass is 9.87. The number of esters is 1. The average molecular weight is 326 g/mol. The van der Waals surface area contributed by atoms with Gasteiger partial charge in [0.05, 0.1) is 17.9 Å². The number of carbonyl (C=O) groups is 2. The van der Waals surface area contributed by atoms with Gasteiger partial charge in [-0.1, -0.05) is 12.2 Å². The van der Waals surface area contributed by atoms with Gasteiger partial charge in [-0.3, -0.25) is 9.59 Å². The van der Waals surface area contributed by atoms with Crippen molar-refractivity contribution in [2.75, 3.05) is 7.11 Å². The van der Waals surface area contributed by atoms with Crippen molar-refractivity contribution in [1.29, 1.82) is 0 Å². The van der Waals surface area contributed by atoms with E-state index in [4.69, 9.17) is 5.11 Å². The molecular weight excluding hydrogens is 292 g/mol. The number of carboxylic acids is 1. The first-order chi connectivity index (χ1) is 10.5. The Kier molecular flexibility index (Phi) is 12.3. The van der Waals surface area contributed by atoms with Crippen molar-refractivity contribution in [3.8, 4) is 0 Å². The molecule has 0 radical (unpaired) electrons. The first-order valence-corrected chi connectivity index (χ1v) is 8.08. The summed E-state index contributed by atoms with van der Waals surface area (Å²) in [5.74, 6) is -0.854. The molecule has 0 amide bonds. The fourth-order valence-corrected chi connectivity index (χ4v) is 1.86. The van der Waals surface area contributed by atoms with Crippen LogP contribution in [0.2, 0.25) is 0 Å². The molecule has 0 unspecified atom stereocenters. The minimum Gasteiger partial charge on any atom is -0.481 e. The number of hydrogen-bond acceptors (Lipinski definition) is 3. The van der Waals surface area contributed by atoms with E-state index in [-0.39, 0.29) is 11.4 Å². The SMILES string of the molecule is C=CCCCC(C)(C)C(=O)O.C=CCCCC(C)(C)C(=O)OC. The number of unbranched alkanes of at least 4 members (excludes halogenated alkanes) is 2. The second-order valence-electron chi connectivity index (χ2n) is 6.93. The maximum atomic E-state index is 11.2. The van der Waals surface area contributed by atoms with E-state index in [0.717, 1.165) is 32.1 Å². The summed E-state index contributed by atoms with van der Waals surface area (Å²) in [6, 6.07) is 0. The highest BCUT2D eigenvalue weighted by molar-refractivity contribution is 5.75. The predicted octanol–water partition coefficient (Wildman–Crippen LogP) is 5.00. The largest absolute Gasteiger partial charge is 0.481 e. The third kappa shape index (κ3) is 11.6. The topological polar surface area (TPSA) is 63.6 Å². The van der Waals surface area contributed by atoms with Crippen LogP contribution in [-0.4, -0.2) is 24.2 Å². The van der Waals surface area contributed by atoms with Crippen LogP contribution in [0.5, 0.6) is 0 Å². The summed E-state index contributed by atoms with van der Waals surface area (Å²) in [5.41, 5.74) is -0.930. The number of carboxylic acid groups (broad SMARTS) is 1. The zero-order valence-electron chi connectivity index (χ0n) is 15.5. The van der Waals surface area contributed by atoms with Crippen molar-refractivity contribution in [3.63, 3.8) is 0 Å². The second-order valence-corrected chi connectivity index (χ2v) is 6.93. The Bertz CT molecular complexity index is 381. The Morgan fingerprint density at radius 2 is 1.35 bits per heavy atom. The van der Waals surface area contributed by atoms with Crippen LogP contribution in [0.25, 0.3) is 0 Å². The monoisotopic (exact) mass is 326 g/mol. The molecule has 0 spiro atoms. The van der Waals surface area contributed by atoms with Gasteiger partial charge in [0.2, 0.25) is 0 Å². The molecule has 0 rings (SSSR count). The maximum absolute atomic E-state index is 11.2. The van der Waals surface area contributed by atoms with E-state index in [2.05, 4.69) is 17.9 Å². The number of hydrogen-bond donors (Lipinski definition) is 1. The van der Waals surface area contributed by atoms with Crippen LogP contribution >= 0.6 is 0 Å². The molecule has 0 fully saturated rings. The van der Waals surface area contributed by atoms with Crippen molar-refractivity contribution in [1.82, 2.24) is 0 Å². The van der Waals surface area contributed by atoms with Gasteiger partial charge in [-0.05, 0) is 66.2 Å². The standard InChI is InChI=1S/C10H18O2.C9H16O2/c1-5-6-7-8-10(2,3)9(11)12-4;1-4-5-6-7-9(2,3)8(10)11/h5H,1,6-8H2,2-4H3;4H,1,5-7H2,2-3H3,(H,10,11). The summed E-state index contributed by atoms with van der Waals surface area (Å²) in [6.45, 7) is 14.5. The lowest BCUT2D eigenvalue weighted by Gasteiger charge is -2.20. The lowest BCUT2D eigenvalue weighted by Crippen LogP contribution is -2.25. The number of rotatable bonds is 10. The summed E-state index contributed by atoms with van der Waals surface area (Å²) in [4.78, 5) is 21.8. The number of allylic oxidation sites excluding steroid dienone is 2. The molecule has 0 aromatic heterocycles. The van der Waals surface area contributed by atoms with Crippen LogP contribution in [0.1, 0.15) is 66.2 Å². The van der Waals surface area contributed by atoms with E-state index in [0.29, 0.717) is 6.42 Å². The Hall–Kier alpha value is -1.58. The van der Waals surface area contributed by atoms with Gasteiger partial charge >= 0.3 is 11.9 Å². The van der Waals surface area contributed by atoms with Gasteiger partial charge in [0, 0.05) is 0 Å². The Balaban J connectivity index is 0. The van der Waals surface area contributed by atoms with Crippen molar-refractivity contribution < 1.29 is 19.4 Å². The minimum atomic E-state index is -0.721. The molecule has 23 heavy (non-hydrogen) atoms. The van der Waals surface area contributed by atoms with Crippen LogP contribution in [0.15, 0.2) is 25.3 Å². The van der Waals surface area contributed by atoms with Gasteiger partial charge in [-0.2, -0.15) is 0 Å². The molecule has 0 aliphatic heterocycles. The van der Waals surface area contributed by atoms with E-state index in [9.17, 15) is 9.59 Å². The second kappa shape index (κ2) is 11.9. The molecule has 0 aliphatic carbocycles. The molecular formula is C19H34O4. The van der Waals surface area contributed by atoms with Gasteiger partial charge < -0.3 is 9.84 Å².